The van der Waals surface area contributed by atoms with Crippen LogP contribution >= 0.6 is 0 Å². The van der Waals surface area contributed by atoms with Crippen molar-refractivity contribution in [2.45, 2.75) is 26.2 Å². The van der Waals surface area contributed by atoms with Gasteiger partial charge in [-0.3, -0.25) is 5.41 Å². The van der Waals surface area contributed by atoms with E-state index in [9.17, 15) is 0 Å². The van der Waals surface area contributed by atoms with Gasteiger partial charge in [0.15, 0.2) is 0 Å². The van der Waals surface area contributed by atoms with E-state index in [2.05, 4.69) is 31.0 Å². The molecule has 0 radical (unpaired) electrons. The molecule has 3 N–H and O–H groups in total. The number of nitrogen functional groups attached to an aromatic ring is 1. The molecule has 104 valence electrons. The van der Waals surface area contributed by atoms with Gasteiger partial charge in [-0.15, -0.1) is 0 Å². The van der Waals surface area contributed by atoms with E-state index in [1.807, 2.05) is 12.1 Å². The molecule has 1 aromatic carbocycles. The predicted molar refractivity (Wildman–Crippen MR) is 80.5 cm³/mol. The van der Waals surface area contributed by atoms with Crippen LogP contribution in [0.25, 0.3) is 0 Å². The summed E-state index contributed by atoms with van der Waals surface area (Å²) in [6.07, 6.45) is 2.65. The van der Waals surface area contributed by atoms with E-state index in [0.29, 0.717) is 17.4 Å². The SMILES string of the molecule is CCC(C)c1ccc(Oc2ccc(C(=N)N)cn2)cc1. The zero-order valence-corrected chi connectivity index (χ0v) is 11.8. The van der Waals surface area contributed by atoms with Crippen molar-refractivity contribution in [3.63, 3.8) is 0 Å². The molecule has 0 aliphatic rings. The number of nitrogens with one attached hydrogen (secondary N) is 1. The quantitative estimate of drug-likeness (QED) is 0.642. The van der Waals surface area contributed by atoms with Gasteiger partial charge < -0.3 is 10.5 Å². The van der Waals surface area contributed by atoms with Crippen LogP contribution in [0, 0.1) is 5.41 Å². The molecule has 20 heavy (non-hydrogen) atoms. The van der Waals surface area contributed by atoms with Gasteiger partial charge in [0, 0.05) is 17.8 Å². The first-order valence-corrected chi connectivity index (χ1v) is 6.68. The van der Waals surface area contributed by atoms with E-state index in [1.54, 1.807) is 12.1 Å². The smallest absolute Gasteiger partial charge is 0.219 e. The molecule has 0 aliphatic carbocycles. The highest BCUT2D eigenvalue weighted by Gasteiger charge is 2.04. The second-order valence-corrected chi connectivity index (χ2v) is 4.78. The number of benzene rings is 1. The van der Waals surface area contributed by atoms with Gasteiger partial charge in [-0.1, -0.05) is 26.0 Å². The molecular weight excluding hydrogens is 250 g/mol. The van der Waals surface area contributed by atoms with Crippen molar-refractivity contribution in [2.75, 3.05) is 0 Å². The average Bonchev–Trinajstić information content (AvgIpc) is 2.48. The molecule has 0 spiro atoms. The molecular formula is C16H19N3O. The Morgan fingerprint density at radius 3 is 2.45 bits per heavy atom. The summed E-state index contributed by atoms with van der Waals surface area (Å²) in [6, 6.07) is 11.5. The van der Waals surface area contributed by atoms with Crippen LogP contribution in [-0.4, -0.2) is 10.8 Å². The van der Waals surface area contributed by atoms with Crippen molar-refractivity contribution in [2.24, 2.45) is 5.73 Å². The molecule has 0 saturated carbocycles. The van der Waals surface area contributed by atoms with Gasteiger partial charge >= 0.3 is 0 Å². The summed E-state index contributed by atoms with van der Waals surface area (Å²) in [5, 5.41) is 7.31. The van der Waals surface area contributed by atoms with Crippen LogP contribution < -0.4 is 10.5 Å². The molecule has 0 fully saturated rings. The van der Waals surface area contributed by atoms with Crippen molar-refractivity contribution < 1.29 is 4.74 Å². The predicted octanol–water partition coefficient (Wildman–Crippen LogP) is 3.67. The summed E-state index contributed by atoms with van der Waals surface area (Å²) < 4.78 is 5.66. The van der Waals surface area contributed by atoms with Crippen LogP contribution in [0.3, 0.4) is 0 Å². The van der Waals surface area contributed by atoms with Crippen molar-refractivity contribution in [3.8, 4) is 11.6 Å². The third-order valence-electron chi connectivity index (χ3n) is 3.33. The van der Waals surface area contributed by atoms with Crippen LogP contribution in [0.4, 0.5) is 0 Å². The molecule has 0 bridgehead atoms. The fraction of sp³-hybridized carbons (Fsp3) is 0.250. The summed E-state index contributed by atoms with van der Waals surface area (Å²) in [5.74, 6) is 1.80. The Labute approximate surface area is 119 Å². The lowest BCUT2D eigenvalue weighted by atomic mass is 9.99. The molecule has 1 atom stereocenters. The van der Waals surface area contributed by atoms with Gasteiger partial charge in [0.1, 0.15) is 11.6 Å². The highest BCUT2D eigenvalue weighted by Crippen LogP contribution is 2.24. The van der Waals surface area contributed by atoms with E-state index in [-0.39, 0.29) is 5.84 Å². The Bertz CT molecular complexity index is 576. The molecule has 0 amide bonds. The maximum atomic E-state index is 7.31. The van der Waals surface area contributed by atoms with Crippen LogP contribution in [0.2, 0.25) is 0 Å². The third-order valence-corrected chi connectivity index (χ3v) is 3.33. The van der Waals surface area contributed by atoms with Crippen LogP contribution in [-0.2, 0) is 0 Å². The number of aromatic nitrogens is 1. The van der Waals surface area contributed by atoms with Crippen molar-refractivity contribution in [3.05, 3.63) is 53.7 Å². The lowest BCUT2D eigenvalue weighted by molar-refractivity contribution is 0.462. The summed E-state index contributed by atoms with van der Waals surface area (Å²) in [6.45, 7) is 4.38. The topological polar surface area (TPSA) is 72.0 Å². The van der Waals surface area contributed by atoms with Crippen molar-refractivity contribution in [1.82, 2.24) is 4.98 Å². The normalized spacial score (nSPS) is 11.9. The number of rotatable bonds is 5. The number of amidine groups is 1. The summed E-state index contributed by atoms with van der Waals surface area (Å²) >= 11 is 0. The first kappa shape index (κ1) is 14.1. The number of nitrogens with zero attached hydrogens (tertiary/aromatic N) is 1. The lowest BCUT2D eigenvalue weighted by Crippen LogP contribution is -2.11. The monoisotopic (exact) mass is 269 g/mol. The van der Waals surface area contributed by atoms with Crippen molar-refractivity contribution >= 4 is 5.84 Å². The van der Waals surface area contributed by atoms with Gasteiger partial charge in [-0.25, -0.2) is 4.98 Å². The molecule has 1 unspecified atom stereocenters. The standard InChI is InChI=1S/C16H19N3O/c1-3-11(2)12-4-7-14(8-5-12)20-15-9-6-13(10-19-15)16(17)18/h4-11H,3H2,1-2H3,(H3,17,18). The number of pyridine rings is 1. The van der Waals surface area contributed by atoms with Crippen LogP contribution in [0.5, 0.6) is 11.6 Å². The number of ether oxygens (including phenoxy) is 1. The third kappa shape index (κ3) is 3.35. The molecule has 1 heterocycles. The minimum atomic E-state index is 0.00181. The second-order valence-electron chi connectivity index (χ2n) is 4.78. The molecule has 4 nitrogen and oxygen atoms in total. The Balaban J connectivity index is 2.08. The first-order chi connectivity index (χ1) is 9.60. The summed E-state index contributed by atoms with van der Waals surface area (Å²) in [7, 11) is 0. The van der Waals surface area contributed by atoms with Gasteiger partial charge in [0.2, 0.25) is 5.88 Å². The van der Waals surface area contributed by atoms with E-state index in [0.717, 1.165) is 12.2 Å². The summed E-state index contributed by atoms with van der Waals surface area (Å²) in [5.41, 5.74) is 7.27. The van der Waals surface area contributed by atoms with Gasteiger partial charge in [-0.2, -0.15) is 0 Å². The molecule has 1 aromatic heterocycles. The van der Waals surface area contributed by atoms with Gasteiger partial charge in [0.25, 0.3) is 0 Å². The van der Waals surface area contributed by atoms with E-state index >= 15 is 0 Å². The molecule has 0 aliphatic heterocycles. The molecule has 2 aromatic rings. The maximum absolute atomic E-state index is 7.31. The zero-order chi connectivity index (χ0) is 14.5. The zero-order valence-electron chi connectivity index (χ0n) is 11.8. The van der Waals surface area contributed by atoms with Crippen LogP contribution in [0.1, 0.15) is 37.3 Å². The Hall–Kier alpha value is -2.36. The second kappa shape index (κ2) is 6.19. The molecule has 2 rings (SSSR count). The highest BCUT2D eigenvalue weighted by atomic mass is 16.5. The van der Waals surface area contributed by atoms with E-state index in [1.165, 1.54) is 11.8 Å². The Morgan fingerprint density at radius 1 is 1.25 bits per heavy atom. The van der Waals surface area contributed by atoms with Crippen LogP contribution in [0.15, 0.2) is 42.6 Å². The number of hydrogen-bond donors (Lipinski definition) is 2. The minimum absolute atomic E-state index is 0.00181. The first-order valence-electron chi connectivity index (χ1n) is 6.68. The van der Waals surface area contributed by atoms with Gasteiger partial charge in [0.05, 0.1) is 0 Å². The lowest BCUT2D eigenvalue weighted by Gasteiger charge is -2.10. The van der Waals surface area contributed by atoms with E-state index in [4.69, 9.17) is 15.9 Å². The number of nitrogens with two attached hydrogens (primary N) is 1. The minimum Gasteiger partial charge on any atom is -0.439 e. The highest BCUT2D eigenvalue weighted by molar-refractivity contribution is 5.94. The molecule has 4 heteroatoms. The van der Waals surface area contributed by atoms with E-state index < -0.39 is 0 Å². The fourth-order valence-electron chi connectivity index (χ4n) is 1.82. The average molecular weight is 269 g/mol. The summed E-state index contributed by atoms with van der Waals surface area (Å²) in [4.78, 5) is 4.13. The van der Waals surface area contributed by atoms with Crippen molar-refractivity contribution in [1.29, 1.82) is 5.41 Å². The maximum Gasteiger partial charge on any atom is 0.219 e. The number of hydrogen-bond acceptors (Lipinski definition) is 3. The van der Waals surface area contributed by atoms with Gasteiger partial charge in [-0.05, 0) is 36.1 Å². The Kier molecular flexibility index (Phi) is 4.35. The Morgan fingerprint density at radius 2 is 1.95 bits per heavy atom. The largest absolute Gasteiger partial charge is 0.439 e. The fourth-order valence-corrected chi connectivity index (χ4v) is 1.82. The molecule has 0 saturated heterocycles.